The van der Waals surface area contributed by atoms with Crippen molar-refractivity contribution in [3.05, 3.63) is 95.1 Å². The van der Waals surface area contributed by atoms with Crippen LogP contribution in [0, 0.1) is 0 Å². The molecule has 3 aromatic rings. The molecule has 45 heavy (non-hydrogen) atoms. The molecule has 2 saturated heterocycles. The van der Waals surface area contributed by atoms with Crippen molar-refractivity contribution in [2.75, 3.05) is 43.9 Å². The molecular formula is C35H44N4O6. The summed E-state index contributed by atoms with van der Waals surface area (Å²) in [6.07, 6.45) is 1.99. The highest BCUT2D eigenvalue weighted by atomic mass is 16.7. The van der Waals surface area contributed by atoms with Crippen LogP contribution in [0.1, 0.15) is 66.8 Å². The van der Waals surface area contributed by atoms with Crippen LogP contribution in [0.2, 0.25) is 0 Å². The third-order valence-electron chi connectivity index (χ3n) is 8.21. The molecule has 10 heteroatoms. The Balaban J connectivity index is 1.09. The Morgan fingerprint density at radius 3 is 2.22 bits per heavy atom. The van der Waals surface area contributed by atoms with Gasteiger partial charge in [-0.3, -0.25) is 14.5 Å². The second kappa shape index (κ2) is 16.5. The zero-order valence-electron chi connectivity index (χ0n) is 25.7. The van der Waals surface area contributed by atoms with E-state index in [4.69, 9.17) is 19.9 Å². The van der Waals surface area contributed by atoms with Gasteiger partial charge in [-0.25, -0.2) is 0 Å². The summed E-state index contributed by atoms with van der Waals surface area (Å²) in [6, 6.07) is 23.0. The number of hydrogen-bond donors (Lipinski definition) is 4. The third-order valence-corrected chi connectivity index (χ3v) is 8.21. The molecule has 5 rings (SSSR count). The lowest BCUT2D eigenvalue weighted by molar-refractivity contribution is -0.253. The summed E-state index contributed by atoms with van der Waals surface area (Å²) in [5.74, 6) is -0.163. The number of hydrogen-bond acceptors (Lipinski definition) is 8. The fourth-order valence-corrected chi connectivity index (χ4v) is 5.58. The molecule has 0 saturated carbocycles. The van der Waals surface area contributed by atoms with Crippen molar-refractivity contribution in [1.29, 1.82) is 0 Å². The molecule has 2 fully saturated rings. The number of nitrogens with zero attached hydrogens (tertiary/aromatic N) is 1. The fourth-order valence-electron chi connectivity index (χ4n) is 5.58. The van der Waals surface area contributed by atoms with Crippen molar-refractivity contribution in [2.45, 2.75) is 63.8 Å². The number of aliphatic hydroxyl groups is 1. The zero-order valence-corrected chi connectivity index (χ0v) is 25.7. The minimum Gasteiger partial charge on any atom is -0.397 e. The second-order valence-electron chi connectivity index (χ2n) is 11.6. The molecule has 3 aromatic carbocycles. The highest BCUT2D eigenvalue weighted by Gasteiger charge is 2.33. The average Bonchev–Trinajstić information content (AvgIpc) is 3.07. The lowest BCUT2D eigenvalue weighted by Crippen LogP contribution is -2.44. The van der Waals surface area contributed by atoms with Crippen LogP contribution in [0.4, 0.5) is 11.4 Å². The van der Waals surface area contributed by atoms with Gasteiger partial charge in [0, 0.05) is 51.0 Å². The normalized spacial score (nSPS) is 20.4. The van der Waals surface area contributed by atoms with Crippen molar-refractivity contribution in [1.82, 2.24) is 10.2 Å². The van der Waals surface area contributed by atoms with Crippen LogP contribution < -0.4 is 16.4 Å². The summed E-state index contributed by atoms with van der Waals surface area (Å²) in [7, 11) is 0. The van der Waals surface area contributed by atoms with E-state index in [2.05, 4.69) is 15.5 Å². The standard InChI is InChI=1S/C35H44N4O6/c36-30-5-1-2-6-31(30)38-34(42)8-4-3-7-33(41)37-22-25-9-15-28(16-10-25)35-44-29(23-39-17-19-43-20-18-39)21-32(45-35)27-13-11-26(24-40)12-14-27/h1-2,5-6,9-16,29,32,35,40H,3-4,7-8,17-24,36H2,(H,37,41)(H,38,42)/t29-,32+,35+/m0/s1. The Bertz CT molecular complexity index is 1380. The zero-order chi connectivity index (χ0) is 31.4. The highest BCUT2D eigenvalue weighted by molar-refractivity contribution is 5.93. The largest absolute Gasteiger partial charge is 0.397 e. The first-order valence-electron chi connectivity index (χ1n) is 15.8. The molecule has 5 N–H and O–H groups in total. The third kappa shape index (κ3) is 9.84. The van der Waals surface area contributed by atoms with Crippen molar-refractivity contribution in [3.63, 3.8) is 0 Å². The van der Waals surface area contributed by atoms with E-state index in [1.807, 2.05) is 60.7 Å². The van der Waals surface area contributed by atoms with Gasteiger partial charge in [0.25, 0.3) is 0 Å². The molecule has 240 valence electrons. The van der Waals surface area contributed by atoms with Gasteiger partial charge in [-0.05, 0) is 41.7 Å². The molecule has 10 nitrogen and oxygen atoms in total. The van der Waals surface area contributed by atoms with E-state index in [-0.39, 0.29) is 30.6 Å². The van der Waals surface area contributed by atoms with Crippen LogP contribution in [-0.4, -0.2) is 60.8 Å². The Morgan fingerprint density at radius 1 is 0.844 bits per heavy atom. The number of para-hydroxylation sites is 2. The molecule has 0 radical (unpaired) electrons. The molecule has 2 amide bonds. The fraction of sp³-hybridized carbons (Fsp3) is 0.429. The molecule has 0 aliphatic carbocycles. The van der Waals surface area contributed by atoms with Gasteiger partial charge in [-0.2, -0.15) is 0 Å². The van der Waals surface area contributed by atoms with Crippen LogP contribution in [0.15, 0.2) is 72.8 Å². The first kappa shape index (κ1) is 32.6. The molecule has 0 spiro atoms. The predicted molar refractivity (Wildman–Crippen MR) is 172 cm³/mol. The van der Waals surface area contributed by atoms with Gasteiger partial charge < -0.3 is 35.7 Å². The Morgan fingerprint density at radius 2 is 1.51 bits per heavy atom. The van der Waals surface area contributed by atoms with Crippen molar-refractivity contribution in [3.8, 4) is 0 Å². The van der Waals surface area contributed by atoms with Gasteiger partial charge in [-0.1, -0.05) is 60.7 Å². The molecule has 2 aliphatic rings. The number of aliphatic hydroxyl groups excluding tert-OH is 1. The maximum atomic E-state index is 12.4. The number of ether oxygens (including phenoxy) is 3. The van der Waals surface area contributed by atoms with E-state index in [1.165, 1.54) is 0 Å². The van der Waals surface area contributed by atoms with Gasteiger partial charge in [0.2, 0.25) is 11.8 Å². The first-order chi connectivity index (χ1) is 22.0. The van der Waals surface area contributed by atoms with Crippen LogP contribution in [0.5, 0.6) is 0 Å². The molecule has 0 bridgehead atoms. The molecule has 2 heterocycles. The van der Waals surface area contributed by atoms with Gasteiger partial charge >= 0.3 is 0 Å². The molecule has 0 unspecified atom stereocenters. The minimum atomic E-state index is -0.522. The summed E-state index contributed by atoms with van der Waals surface area (Å²) < 4.78 is 18.5. The van der Waals surface area contributed by atoms with Gasteiger partial charge in [-0.15, -0.1) is 0 Å². The lowest BCUT2D eigenvalue weighted by Gasteiger charge is -2.39. The van der Waals surface area contributed by atoms with Crippen LogP contribution in [0.3, 0.4) is 0 Å². The quantitative estimate of drug-likeness (QED) is 0.163. The van der Waals surface area contributed by atoms with Gasteiger partial charge in [0.05, 0.1) is 43.4 Å². The Labute approximate surface area is 264 Å². The number of rotatable bonds is 13. The SMILES string of the molecule is Nc1ccccc1NC(=O)CCCCC(=O)NCc1ccc([C@@H]2O[C@H](CN3CCOCC3)C[C@H](c3ccc(CO)cc3)O2)cc1. The van der Waals surface area contributed by atoms with E-state index in [0.717, 1.165) is 61.5 Å². The van der Waals surface area contributed by atoms with Gasteiger partial charge in [0.15, 0.2) is 6.29 Å². The smallest absolute Gasteiger partial charge is 0.224 e. The van der Waals surface area contributed by atoms with E-state index in [0.29, 0.717) is 43.6 Å². The van der Waals surface area contributed by atoms with Crippen molar-refractivity contribution in [2.24, 2.45) is 0 Å². The van der Waals surface area contributed by atoms with Crippen LogP contribution in [-0.2, 0) is 37.0 Å². The number of amides is 2. The Kier molecular flexibility index (Phi) is 11.9. The lowest BCUT2D eigenvalue weighted by atomic mass is 9.99. The number of carbonyl (C=O) groups is 2. The summed E-state index contributed by atoms with van der Waals surface area (Å²) in [6.45, 7) is 4.48. The topological polar surface area (TPSA) is 135 Å². The maximum absolute atomic E-state index is 12.4. The summed E-state index contributed by atoms with van der Waals surface area (Å²) in [5, 5.41) is 15.2. The van der Waals surface area contributed by atoms with E-state index < -0.39 is 6.29 Å². The number of nitrogens with one attached hydrogen (secondary N) is 2. The highest BCUT2D eigenvalue weighted by Crippen LogP contribution is 2.38. The van der Waals surface area contributed by atoms with Gasteiger partial charge in [0.1, 0.15) is 0 Å². The minimum absolute atomic E-state index is 0.00811. The second-order valence-corrected chi connectivity index (χ2v) is 11.6. The number of anilines is 2. The summed E-state index contributed by atoms with van der Waals surface area (Å²) in [4.78, 5) is 27.0. The molecular weight excluding hydrogens is 572 g/mol. The Hall–Kier alpha value is -3.80. The summed E-state index contributed by atoms with van der Waals surface area (Å²) in [5.41, 5.74) is 10.8. The first-order valence-corrected chi connectivity index (χ1v) is 15.8. The van der Waals surface area contributed by atoms with Crippen molar-refractivity contribution >= 4 is 23.2 Å². The predicted octanol–water partition coefficient (Wildman–Crippen LogP) is 4.45. The van der Waals surface area contributed by atoms with Crippen molar-refractivity contribution < 1.29 is 28.9 Å². The van der Waals surface area contributed by atoms with E-state index in [9.17, 15) is 14.7 Å². The van der Waals surface area contributed by atoms with Crippen LogP contribution >= 0.6 is 0 Å². The molecule has 3 atom stereocenters. The molecule has 2 aliphatic heterocycles. The van der Waals surface area contributed by atoms with E-state index in [1.54, 1.807) is 12.1 Å². The maximum Gasteiger partial charge on any atom is 0.224 e. The number of carbonyl (C=O) groups excluding carboxylic acids is 2. The molecule has 0 aromatic heterocycles. The number of nitrogen functional groups attached to an aromatic ring is 1. The number of unbranched alkanes of at least 4 members (excludes halogenated alkanes) is 1. The monoisotopic (exact) mass is 616 g/mol. The number of morpholine rings is 1. The van der Waals surface area contributed by atoms with E-state index >= 15 is 0 Å². The average molecular weight is 617 g/mol. The van der Waals surface area contributed by atoms with Crippen LogP contribution in [0.25, 0.3) is 0 Å². The number of nitrogens with two attached hydrogens (primary N) is 1. The summed E-state index contributed by atoms with van der Waals surface area (Å²) >= 11 is 0. The number of benzene rings is 3.